The van der Waals surface area contributed by atoms with Gasteiger partial charge >= 0.3 is 0 Å². The highest BCUT2D eigenvalue weighted by Gasteiger charge is 2.28. The summed E-state index contributed by atoms with van der Waals surface area (Å²) < 4.78 is 10.1. The van der Waals surface area contributed by atoms with Gasteiger partial charge in [-0.05, 0) is 26.8 Å². The second-order valence-electron chi connectivity index (χ2n) is 4.90. The Morgan fingerprint density at radius 1 is 1.39 bits per heavy atom. The molecular weight excluding hydrogens is 232 g/mol. The third kappa shape index (κ3) is 6.33. The molecule has 1 saturated carbocycles. The highest BCUT2D eigenvalue weighted by molar-refractivity contribution is 5.75. The molecule has 0 aromatic rings. The summed E-state index contributed by atoms with van der Waals surface area (Å²) >= 11 is 0. The molecule has 0 heterocycles. The molecule has 1 rings (SSSR count). The van der Waals surface area contributed by atoms with E-state index >= 15 is 0 Å². The molecule has 0 spiro atoms. The van der Waals surface area contributed by atoms with E-state index in [1.165, 1.54) is 12.8 Å². The minimum absolute atomic E-state index is 0.0588. The first kappa shape index (κ1) is 15.4. The van der Waals surface area contributed by atoms with Gasteiger partial charge in [-0.1, -0.05) is 0 Å². The first-order chi connectivity index (χ1) is 8.65. The zero-order chi connectivity index (χ0) is 13.4. The Kier molecular flexibility index (Phi) is 7.23. The molecule has 1 N–H and O–H groups in total. The van der Waals surface area contributed by atoms with E-state index in [1.807, 2.05) is 0 Å². The van der Waals surface area contributed by atoms with Gasteiger partial charge in [-0.15, -0.1) is 0 Å². The van der Waals surface area contributed by atoms with Gasteiger partial charge in [0.05, 0.1) is 19.8 Å². The molecule has 0 bridgehead atoms. The lowest BCUT2D eigenvalue weighted by Gasteiger charge is -2.24. The Morgan fingerprint density at radius 2 is 2.11 bits per heavy atom. The predicted octanol–water partition coefficient (Wildman–Crippen LogP) is 0.638. The van der Waals surface area contributed by atoms with E-state index in [2.05, 4.69) is 24.2 Å². The van der Waals surface area contributed by atoms with Crippen LogP contribution in [0.2, 0.25) is 0 Å². The van der Waals surface area contributed by atoms with Gasteiger partial charge in [-0.2, -0.15) is 0 Å². The van der Waals surface area contributed by atoms with Crippen LogP contribution in [0.25, 0.3) is 0 Å². The topological polar surface area (TPSA) is 50.8 Å². The lowest BCUT2D eigenvalue weighted by atomic mass is 10.3. The number of ether oxygens (including phenoxy) is 2. The number of carbonyl (C=O) groups excluding carboxylic acids is 1. The molecule has 5 heteroatoms. The summed E-state index contributed by atoms with van der Waals surface area (Å²) in [5.74, 6) is 0.0588. The first-order valence-electron chi connectivity index (χ1n) is 6.70. The quantitative estimate of drug-likeness (QED) is 0.584. The highest BCUT2D eigenvalue weighted by atomic mass is 16.5. The van der Waals surface area contributed by atoms with Crippen LogP contribution in [0.15, 0.2) is 0 Å². The molecule has 0 saturated heterocycles. The maximum Gasteiger partial charge on any atom is 0.222 e. The number of hydrogen-bond acceptors (Lipinski definition) is 4. The minimum Gasteiger partial charge on any atom is -0.382 e. The number of rotatable bonds is 10. The summed E-state index contributed by atoms with van der Waals surface area (Å²) in [6, 6.07) is 1.13. The molecule has 1 aliphatic rings. The van der Waals surface area contributed by atoms with E-state index in [4.69, 9.17) is 9.47 Å². The van der Waals surface area contributed by atoms with Crippen molar-refractivity contribution in [1.82, 2.24) is 10.2 Å². The van der Waals surface area contributed by atoms with Gasteiger partial charge < -0.3 is 14.8 Å². The van der Waals surface area contributed by atoms with E-state index in [0.717, 1.165) is 6.04 Å². The molecule has 0 aliphatic heterocycles. The molecule has 0 aromatic carbocycles. The standard InChI is InChI=1S/C13H26N2O3/c1-11(15(2)12-4-5-12)10-14-13(16)6-7-18-9-8-17-3/h11-12H,4-10H2,1-3H3,(H,14,16). The molecular formula is C13H26N2O3. The molecule has 106 valence electrons. The smallest absolute Gasteiger partial charge is 0.222 e. The maximum atomic E-state index is 11.5. The van der Waals surface area contributed by atoms with Crippen molar-refractivity contribution in [2.24, 2.45) is 0 Å². The third-order valence-electron chi connectivity index (χ3n) is 3.32. The molecule has 1 unspecified atom stereocenters. The Hall–Kier alpha value is -0.650. The lowest BCUT2D eigenvalue weighted by molar-refractivity contribution is -0.122. The molecule has 0 radical (unpaired) electrons. The van der Waals surface area contributed by atoms with Gasteiger partial charge in [0.2, 0.25) is 5.91 Å². The number of amides is 1. The number of likely N-dealkylation sites (N-methyl/N-ethyl adjacent to an activating group) is 1. The molecule has 5 nitrogen and oxygen atoms in total. The molecule has 1 atom stereocenters. The van der Waals surface area contributed by atoms with Crippen LogP contribution in [-0.4, -0.2) is 63.4 Å². The van der Waals surface area contributed by atoms with Crippen LogP contribution in [-0.2, 0) is 14.3 Å². The van der Waals surface area contributed by atoms with Gasteiger partial charge in [0, 0.05) is 32.2 Å². The van der Waals surface area contributed by atoms with Crippen LogP contribution in [0.5, 0.6) is 0 Å². The summed E-state index contributed by atoms with van der Waals surface area (Å²) in [5, 5.41) is 2.95. The van der Waals surface area contributed by atoms with Gasteiger partial charge in [0.15, 0.2) is 0 Å². The minimum atomic E-state index is 0.0588. The van der Waals surface area contributed by atoms with Crippen LogP contribution in [0, 0.1) is 0 Å². The van der Waals surface area contributed by atoms with Gasteiger partial charge in [-0.3, -0.25) is 9.69 Å². The van der Waals surface area contributed by atoms with E-state index in [9.17, 15) is 4.79 Å². The summed E-state index contributed by atoms with van der Waals surface area (Å²) in [6.45, 7) is 4.44. The van der Waals surface area contributed by atoms with Crippen LogP contribution < -0.4 is 5.32 Å². The SMILES string of the molecule is COCCOCCC(=O)NCC(C)N(C)C1CC1. The fourth-order valence-electron chi connectivity index (χ4n) is 1.74. The third-order valence-corrected chi connectivity index (χ3v) is 3.32. The lowest BCUT2D eigenvalue weighted by Crippen LogP contribution is -2.41. The number of nitrogens with one attached hydrogen (secondary N) is 1. The molecule has 0 aromatic heterocycles. The molecule has 1 fully saturated rings. The Balaban J connectivity index is 1.98. The van der Waals surface area contributed by atoms with Gasteiger partial charge in [0.1, 0.15) is 0 Å². The zero-order valence-electron chi connectivity index (χ0n) is 11.8. The first-order valence-corrected chi connectivity index (χ1v) is 6.70. The Labute approximate surface area is 110 Å². The average Bonchev–Trinajstić information content (AvgIpc) is 3.19. The van der Waals surface area contributed by atoms with Crippen molar-refractivity contribution < 1.29 is 14.3 Å². The van der Waals surface area contributed by atoms with E-state index in [1.54, 1.807) is 7.11 Å². The van der Waals surface area contributed by atoms with Crippen molar-refractivity contribution in [2.45, 2.75) is 38.3 Å². The summed E-state index contributed by atoms with van der Waals surface area (Å²) in [5.41, 5.74) is 0. The highest BCUT2D eigenvalue weighted by Crippen LogP contribution is 2.26. The van der Waals surface area contributed by atoms with Crippen molar-refractivity contribution >= 4 is 5.91 Å². The van der Waals surface area contributed by atoms with Crippen molar-refractivity contribution in [3.63, 3.8) is 0 Å². The van der Waals surface area contributed by atoms with E-state index < -0.39 is 0 Å². The normalized spacial score (nSPS) is 16.9. The number of carbonyl (C=O) groups is 1. The fourth-order valence-corrected chi connectivity index (χ4v) is 1.74. The largest absolute Gasteiger partial charge is 0.382 e. The zero-order valence-corrected chi connectivity index (χ0v) is 11.8. The average molecular weight is 258 g/mol. The Bertz CT molecular complexity index is 244. The molecule has 18 heavy (non-hydrogen) atoms. The van der Waals surface area contributed by atoms with Crippen LogP contribution in [0.1, 0.15) is 26.2 Å². The van der Waals surface area contributed by atoms with Crippen molar-refractivity contribution in [3.05, 3.63) is 0 Å². The fraction of sp³-hybridized carbons (Fsp3) is 0.923. The van der Waals surface area contributed by atoms with Crippen LogP contribution >= 0.6 is 0 Å². The van der Waals surface area contributed by atoms with Crippen LogP contribution in [0.3, 0.4) is 0 Å². The number of methoxy groups -OCH3 is 1. The predicted molar refractivity (Wildman–Crippen MR) is 70.6 cm³/mol. The Morgan fingerprint density at radius 3 is 2.72 bits per heavy atom. The molecule has 1 aliphatic carbocycles. The van der Waals surface area contributed by atoms with Gasteiger partial charge in [-0.25, -0.2) is 0 Å². The summed E-state index contributed by atoms with van der Waals surface area (Å²) in [7, 11) is 3.76. The van der Waals surface area contributed by atoms with E-state index in [-0.39, 0.29) is 5.91 Å². The second-order valence-corrected chi connectivity index (χ2v) is 4.90. The van der Waals surface area contributed by atoms with Crippen molar-refractivity contribution in [3.8, 4) is 0 Å². The maximum absolute atomic E-state index is 11.5. The van der Waals surface area contributed by atoms with Crippen molar-refractivity contribution in [2.75, 3.05) is 40.5 Å². The summed E-state index contributed by atoms with van der Waals surface area (Å²) in [6.07, 6.45) is 3.01. The second kappa shape index (κ2) is 8.45. The van der Waals surface area contributed by atoms with E-state index in [0.29, 0.717) is 38.8 Å². The summed E-state index contributed by atoms with van der Waals surface area (Å²) in [4.78, 5) is 13.9. The van der Waals surface area contributed by atoms with Crippen molar-refractivity contribution in [1.29, 1.82) is 0 Å². The number of nitrogens with zero attached hydrogens (tertiary/aromatic N) is 1. The van der Waals surface area contributed by atoms with Crippen LogP contribution in [0.4, 0.5) is 0 Å². The van der Waals surface area contributed by atoms with Gasteiger partial charge in [0.25, 0.3) is 0 Å². The monoisotopic (exact) mass is 258 g/mol. The number of hydrogen-bond donors (Lipinski definition) is 1. The molecule has 1 amide bonds.